The number of rotatable bonds is 4. The summed E-state index contributed by atoms with van der Waals surface area (Å²) in [5, 5.41) is 2.47. The van der Waals surface area contributed by atoms with Crippen LogP contribution in [0.5, 0.6) is 0 Å². The highest BCUT2D eigenvalue weighted by Crippen LogP contribution is 2.19. The van der Waals surface area contributed by atoms with Gasteiger partial charge in [-0.1, -0.05) is 12.2 Å². The van der Waals surface area contributed by atoms with Gasteiger partial charge < -0.3 is 16.0 Å². The smallest absolute Gasteiger partial charge is 0.239 e. The molecule has 0 heterocycles. The van der Waals surface area contributed by atoms with Crippen LogP contribution in [0.15, 0.2) is 18.2 Å². The molecule has 0 unspecified atom stereocenters. The van der Waals surface area contributed by atoms with Crippen molar-refractivity contribution < 1.29 is 9.18 Å². The molecule has 0 saturated heterocycles. The Hall–Kier alpha value is -1.69. The average molecular weight is 255 g/mol. The molecular weight excluding hydrogens is 241 g/mol. The molecule has 4 nitrogen and oxygen atoms in total. The van der Waals surface area contributed by atoms with Crippen molar-refractivity contribution >= 4 is 28.8 Å². The zero-order valence-electron chi connectivity index (χ0n) is 9.66. The Morgan fingerprint density at radius 1 is 1.59 bits per heavy atom. The Labute approximate surface area is 105 Å². The zero-order valence-corrected chi connectivity index (χ0v) is 10.5. The molecule has 0 atom stereocenters. The van der Waals surface area contributed by atoms with Crippen LogP contribution in [0.2, 0.25) is 0 Å². The SMILES string of the molecule is CNC(=O)CN(C)c1ccc(C(N)=S)cc1F. The molecule has 1 rings (SSSR count). The highest BCUT2D eigenvalue weighted by molar-refractivity contribution is 7.80. The fraction of sp³-hybridized carbons (Fsp3) is 0.273. The molecule has 0 saturated carbocycles. The van der Waals surface area contributed by atoms with Crippen molar-refractivity contribution in [1.82, 2.24) is 5.32 Å². The van der Waals surface area contributed by atoms with E-state index < -0.39 is 5.82 Å². The van der Waals surface area contributed by atoms with Crippen LogP contribution in [0, 0.1) is 5.82 Å². The number of nitrogens with zero attached hydrogens (tertiary/aromatic N) is 1. The molecule has 0 aliphatic heterocycles. The Balaban J connectivity index is 2.92. The Morgan fingerprint density at radius 3 is 2.71 bits per heavy atom. The minimum Gasteiger partial charge on any atom is -0.389 e. The number of likely N-dealkylation sites (N-methyl/N-ethyl adjacent to an activating group) is 2. The van der Waals surface area contributed by atoms with Crippen LogP contribution in [0.3, 0.4) is 0 Å². The van der Waals surface area contributed by atoms with E-state index in [9.17, 15) is 9.18 Å². The van der Waals surface area contributed by atoms with Gasteiger partial charge in [-0.3, -0.25) is 4.79 Å². The lowest BCUT2D eigenvalue weighted by Crippen LogP contribution is -2.33. The summed E-state index contributed by atoms with van der Waals surface area (Å²) in [5.74, 6) is -0.646. The van der Waals surface area contributed by atoms with E-state index >= 15 is 0 Å². The number of hydrogen-bond donors (Lipinski definition) is 2. The average Bonchev–Trinajstić information content (AvgIpc) is 2.28. The second-order valence-corrected chi connectivity index (χ2v) is 4.00. The first-order valence-corrected chi connectivity index (χ1v) is 5.37. The van der Waals surface area contributed by atoms with Crippen LogP contribution in [0.4, 0.5) is 10.1 Å². The lowest BCUT2D eigenvalue weighted by Gasteiger charge is -2.19. The van der Waals surface area contributed by atoms with Crippen LogP contribution in [-0.4, -0.2) is 31.5 Å². The van der Waals surface area contributed by atoms with Crippen molar-refractivity contribution in [2.75, 3.05) is 25.5 Å². The predicted molar refractivity (Wildman–Crippen MR) is 69.6 cm³/mol. The molecule has 1 aromatic carbocycles. The molecular formula is C11H14FN3OS. The van der Waals surface area contributed by atoms with Crippen molar-refractivity contribution in [2.24, 2.45) is 5.73 Å². The van der Waals surface area contributed by atoms with Gasteiger partial charge in [0.2, 0.25) is 5.91 Å². The number of amides is 1. The molecule has 6 heteroatoms. The van der Waals surface area contributed by atoms with Gasteiger partial charge in [-0.25, -0.2) is 4.39 Å². The summed E-state index contributed by atoms with van der Waals surface area (Å²) < 4.78 is 13.7. The van der Waals surface area contributed by atoms with Crippen molar-refractivity contribution in [3.8, 4) is 0 Å². The van der Waals surface area contributed by atoms with Crippen LogP contribution in [0.25, 0.3) is 0 Å². The van der Waals surface area contributed by atoms with Gasteiger partial charge in [0.15, 0.2) is 0 Å². The Bertz CT molecular complexity index is 450. The second-order valence-electron chi connectivity index (χ2n) is 3.56. The van der Waals surface area contributed by atoms with E-state index in [0.717, 1.165) is 0 Å². The van der Waals surface area contributed by atoms with Crippen molar-refractivity contribution in [1.29, 1.82) is 0 Å². The summed E-state index contributed by atoms with van der Waals surface area (Å²) in [6.45, 7) is 0.0832. The number of anilines is 1. The first kappa shape index (κ1) is 13.4. The van der Waals surface area contributed by atoms with E-state index in [4.69, 9.17) is 18.0 Å². The van der Waals surface area contributed by atoms with Crippen LogP contribution < -0.4 is 16.0 Å². The maximum atomic E-state index is 13.7. The summed E-state index contributed by atoms with van der Waals surface area (Å²) in [5.41, 5.74) is 6.19. The molecule has 0 aliphatic rings. The lowest BCUT2D eigenvalue weighted by atomic mass is 10.2. The molecule has 1 amide bonds. The topological polar surface area (TPSA) is 58.4 Å². The largest absolute Gasteiger partial charge is 0.389 e. The zero-order chi connectivity index (χ0) is 13.0. The molecule has 0 aromatic heterocycles. The standard InChI is InChI=1S/C11H14FN3OS/c1-14-10(16)6-15(2)9-4-3-7(11(13)17)5-8(9)12/h3-5H,6H2,1-2H3,(H2,13,17)(H,14,16). The van der Waals surface area contributed by atoms with E-state index in [1.807, 2.05) is 0 Å². The number of carbonyl (C=O) groups is 1. The Morgan fingerprint density at radius 2 is 2.24 bits per heavy atom. The number of benzene rings is 1. The fourth-order valence-electron chi connectivity index (χ4n) is 1.35. The van der Waals surface area contributed by atoms with E-state index in [0.29, 0.717) is 11.3 Å². The van der Waals surface area contributed by atoms with E-state index in [2.05, 4.69) is 5.32 Å². The van der Waals surface area contributed by atoms with Gasteiger partial charge in [0.25, 0.3) is 0 Å². The van der Waals surface area contributed by atoms with Crippen molar-refractivity contribution in [3.63, 3.8) is 0 Å². The number of halogens is 1. The van der Waals surface area contributed by atoms with E-state index in [1.54, 1.807) is 19.2 Å². The number of nitrogens with one attached hydrogen (secondary N) is 1. The normalized spacial score (nSPS) is 9.82. The van der Waals surface area contributed by atoms with Crippen LogP contribution >= 0.6 is 12.2 Å². The minimum absolute atomic E-state index is 0.0832. The summed E-state index contributed by atoms with van der Waals surface area (Å²) in [6, 6.07) is 4.44. The van der Waals surface area contributed by atoms with Gasteiger partial charge in [-0.15, -0.1) is 0 Å². The van der Waals surface area contributed by atoms with Gasteiger partial charge in [-0.2, -0.15) is 0 Å². The van der Waals surface area contributed by atoms with Gasteiger partial charge in [-0.05, 0) is 18.2 Å². The highest BCUT2D eigenvalue weighted by atomic mass is 32.1. The van der Waals surface area contributed by atoms with E-state index in [1.165, 1.54) is 18.0 Å². The molecule has 3 N–H and O–H groups in total. The third-order valence-corrected chi connectivity index (χ3v) is 2.54. The third-order valence-electron chi connectivity index (χ3n) is 2.30. The minimum atomic E-state index is -0.457. The summed E-state index contributed by atoms with van der Waals surface area (Å²) in [4.78, 5) is 12.8. The van der Waals surface area contributed by atoms with Crippen LogP contribution in [-0.2, 0) is 4.79 Å². The van der Waals surface area contributed by atoms with Gasteiger partial charge in [0.1, 0.15) is 10.8 Å². The molecule has 0 radical (unpaired) electrons. The van der Waals surface area contributed by atoms with Gasteiger partial charge in [0.05, 0.1) is 12.2 Å². The molecule has 1 aromatic rings. The highest BCUT2D eigenvalue weighted by Gasteiger charge is 2.11. The number of carbonyl (C=O) groups excluding carboxylic acids is 1. The predicted octanol–water partition coefficient (Wildman–Crippen LogP) is 0.642. The fourth-order valence-corrected chi connectivity index (χ4v) is 1.48. The van der Waals surface area contributed by atoms with Crippen LogP contribution in [0.1, 0.15) is 5.56 Å². The first-order valence-electron chi connectivity index (χ1n) is 4.96. The quantitative estimate of drug-likeness (QED) is 0.775. The van der Waals surface area contributed by atoms with Gasteiger partial charge in [0, 0.05) is 19.7 Å². The van der Waals surface area contributed by atoms with Gasteiger partial charge >= 0.3 is 0 Å². The molecule has 0 bridgehead atoms. The number of hydrogen-bond acceptors (Lipinski definition) is 3. The lowest BCUT2D eigenvalue weighted by molar-refractivity contribution is -0.119. The maximum Gasteiger partial charge on any atom is 0.239 e. The van der Waals surface area contributed by atoms with Crippen molar-refractivity contribution in [2.45, 2.75) is 0 Å². The number of thiocarbonyl (C=S) groups is 1. The maximum absolute atomic E-state index is 13.7. The molecule has 92 valence electrons. The summed E-state index contributed by atoms with van der Waals surface area (Å²) in [6.07, 6.45) is 0. The van der Waals surface area contributed by atoms with E-state index in [-0.39, 0.29) is 17.4 Å². The Kier molecular flexibility index (Phi) is 4.39. The number of nitrogens with two attached hydrogens (primary N) is 1. The molecule has 0 fully saturated rings. The van der Waals surface area contributed by atoms with Crippen molar-refractivity contribution in [3.05, 3.63) is 29.6 Å². The first-order chi connectivity index (χ1) is 7.95. The molecule has 0 spiro atoms. The summed E-state index contributed by atoms with van der Waals surface area (Å²) >= 11 is 4.75. The summed E-state index contributed by atoms with van der Waals surface area (Å²) in [7, 11) is 3.16. The molecule has 17 heavy (non-hydrogen) atoms. The second kappa shape index (κ2) is 5.58. The third kappa shape index (κ3) is 3.39. The molecule has 0 aliphatic carbocycles. The monoisotopic (exact) mass is 255 g/mol.